The minimum absolute atomic E-state index is 0.0763. The monoisotopic (exact) mass is 305 g/mol. The molecule has 2 rings (SSSR count). The van der Waals surface area contributed by atoms with E-state index in [2.05, 4.69) is 0 Å². The summed E-state index contributed by atoms with van der Waals surface area (Å²) in [5.41, 5.74) is 0. The van der Waals surface area contributed by atoms with Crippen LogP contribution in [0.3, 0.4) is 0 Å². The van der Waals surface area contributed by atoms with Crippen molar-refractivity contribution in [3.05, 3.63) is 29.8 Å². The van der Waals surface area contributed by atoms with Crippen molar-refractivity contribution in [3.8, 4) is 0 Å². The molecule has 0 bridgehead atoms. The van der Waals surface area contributed by atoms with Crippen LogP contribution in [0.25, 0.3) is 0 Å². The van der Waals surface area contributed by atoms with Gasteiger partial charge in [0.05, 0.1) is 5.92 Å². The summed E-state index contributed by atoms with van der Waals surface area (Å²) in [6.07, 6.45) is 0. The molecule has 1 aliphatic rings. The van der Waals surface area contributed by atoms with Gasteiger partial charge in [-0.2, -0.15) is 4.31 Å². The summed E-state index contributed by atoms with van der Waals surface area (Å²) in [5, 5.41) is 8.98. The van der Waals surface area contributed by atoms with E-state index in [9.17, 15) is 22.0 Å². The fourth-order valence-corrected chi connectivity index (χ4v) is 3.97. The Morgan fingerprint density at radius 3 is 2.30 bits per heavy atom. The smallest absolute Gasteiger partial charge is 0.308 e. The third kappa shape index (κ3) is 2.40. The molecule has 0 radical (unpaired) electrons. The fourth-order valence-electron chi connectivity index (χ4n) is 2.30. The first-order chi connectivity index (χ1) is 9.25. The van der Waals surface area contributed by atoms with Gasteiger partial charge in [0.25, 0.3) is 0 Å². The van der Waals surface area contributed by atoms with E-state index in [1.165, 1.54) is 0 Å². The van der Waals surface area contributed by atoms with E-state index in [1.807, 2.05) is 0 Å². The maximum absolute atomic E-state index is 13.6. The molecular formula is C12H13F2NO4S. The average molecular weight is 305 g/mol. The molecule has 8 heteroatoms. The molecule has 0 unspecified atom stereocenters. The van der Waals surface area contributed by atoms with Crippen molar-refractivity contribution in [2.24, 2.45) is 11.8 Å². The number of carboxylic acids is 1. The van der Waals surface area contributed by atoms with Crippen LogP contribution in [-0.2, 0) is 14.8 Å². The van der Waals surface area contributed by atoms with Crippen molar-refractivity contribution in [2.75, 3.05) is 13.1 Å². The number of benzene rings is 1. The molecular weight excluding hydrogens is 292 g/mol. The summed E-state index contributed by atoms with van der Waals surface area (Å²) in [6.45, 7) is 1.23. The highest BCUT2D eigenvalue weighted by molar-refractivity contribution is 7.89. The van der Waals surface area contributed by atoms with E-state index in [-0.39, 0.29) is 13.1 Å². The second kappa shape index (κ2) is 5.10. The van der Waals surface area contributed by atoms with Gasteiger partial charge in [-0.15, -0.1) is 0 Å². The van der Waals surface area contributed by atoms with E-state index >= 15 is 0 Å². The second-order valence-corrected chi connectivity index (χ2v) is 6.67. The third-order valence-electron chi connectivity index (χ3n) is 3.41. The van der Waals surface area contributed by atoms with Gasteiger partial charge in [-0.3, -0.25) is 4.79 Å². The van der Waals surface area contributed by atoms with Gasteiger partial charge in [0.2, 0.25) is 10.0 Å². The summed E-state index contributed by atoms with van der Waals surface area (Å²) in [7, 11) is -4.38. The highest BCUT2D eigenvalue weighted by atomic mass is 32.2. The van der Waals surface area contributed by atoms with E-state index < -0.39 is 44.4 Å². The van der Waals surface area contributed by atoms with Crippen LogP contribution in [0.2, 0.25) is 0 Å². The van der Waals surface area contributed by atoms with Crippen LogP contribution < -0.4 is 0 Å². The predicted molar refractivity (Wildman–Crippen MR) is 65.4 cm³/mol. The lowest BCUT2D eigenvalue weighted by molar-refractivity contribution is -0.142. The van der Waals surface area contributed by atoms with Crippen LogP contribution >= 0.6 is 0 Å². The lowest BCUT2D eigenvalue weighted by Crippen LogP contribution is -2.31. The Bertz CT molecular complexity index is 627. The topological polar surface area (TPSA) is 74.7 Å². The van der Waals surface area contributed by atoms with Gasteiger partial charge in [-0.1, -0.05) is 13.0 Å². The molecule has 0 aliphatic carbocycles. The van der Waals surface area contributed by atoms with Gasteiger partial charge in [0.1, 0.15) is 11.6 Å². The number of hydrogen-bond acceptors (Lipinski definition) is 3. The summed E-state index contributed by atoms with van der Waals surface area (Å²) in [4.78, 5) is 9.96. The van der Waals surface area contributed by atoms with Crippen LogP contribution in [0.15, 0.2) is 23.1 Å². The standard InChI is InChI=1S/C12H13F2NO4S/c1-7-5-15(6-8(7)12(16)17)20(18,19)11-9(13)3-2-4-10(11)14/h2-4,7-8H,5-6H2,1H3,(H,16,17)/t7-,8-/m1/s1. The zero-order valence-electron chi connectivity index (χ0n) is 10.6. The van der Waals surface area contributed by atoms with E-state index in [1.54, 1.807) is 6.92 Å². The van der Waals surface area contributed by atoms with Gasteiger partial charge in [0.15, 0.2) is 4.90 Å². The van der Waals surface area contributed by atoms with Gasteiger partial charge in [-0.25, -0.2) is 17.2 Å². The maximum atomic E-state index is 13.6. The molecule has 1 aromatic rings. The molecule has 110 valence electrons. The molecule has 0 amide bonds. The molecule has 1 aliphatic heterocycles. The number of carbonyl (C=O) groups is 1. The van der Waals surface area contributed by atoms with Crippen molar-refractivity contribution in [3.63, 3.8) is 0 Å². The summed E-state index contributed by atoms with van der Waals surface area (Å²) in [6, 6.07) is 2.77. The minimum Gasteiger partial charge on any atom is -0.481 e. The van der Waals surface area contributed by atoms with Crippen molar-refractivity contribution in [1.29, 1.82) is 0 Å². The summed E-state index contributed by atoms with van der Waals surface area (Å²) in [5.74, 6) is -4.78. The Labute approximate surface area is 114 Å². The largest absolute Gasteiger partial charge is 0.481 e. The van der Waals surface area contributed by atoms with Crippen LogP contribution in [-0.4, -0.2) is 36.9 Å². The molecule has 0 saturated carbocycles. The highest BCUT2D eigenvalue weighted by Gasteiger charge is 2.42. The quantitative estimate of drug-likeness (QED) is 0.913. The van der Waals surface area contributed by atoms with Crippen molar-refractivity contribution in [1.82, 2.24) is 4.31 Å². The Hall–Kier alpha value is -1.54. The lowest BCUT2D eigenvalue weighted by atomic mass is 9.99. The number of nitrogens with zero attached hydrogens (tertiary/aromatic N) is 1. The number of rotatable bonds is 3. The predicted octanol–water partition coefficient (Wildman–Crippen LogP) is 1.31. The van der Waals surface area contributed by atoms with Crippen molar-refractivity contribution < 1.29 is 27.1 Å². The Morgan fingerprint density at radius 1 is 1.30 bits per heavy atom. The van der Waals surface area contributed by atoms with Crippen LogP contribution in [0.5, 0.6) is 0 Å². The molecule has 0 spiro atoms. The van der Waals surface area contributed by atoms with Crippen molar-refractivity contribution >= 4 is 16.0 Å². The van der Waals surface area contributed by atoms with Gasteiger partial charge < -0.3 is 5.11 Å². The number of aliphatic carboxylic acids is 1. The van der Waals surface area contributed by atoms with E-state index in [0.717, 1.165) is 22.5 Å². The number of hydrogen-bond donors (Lipinski definition) is 1. The zero-order valence-corrected chi connectivity index (χ0v) is 11.4. The van der Waals surface area contributed by atoms with Crippen molar-refractivity contribution in [2.45, 2.75) is 11.8 Å². The molecule has 5 nitrogen and oxygen atoms in total. The minimum atomic E-state index is -4.38. The normalized spacial score (nSPS) is 23.9. The Morgan fingerprint density at radius 2 is 1.85 bits per heavy atom. The van der Waals surface area contributed by atoms with Crippen LogP contribution in [0.1, 0.15) is 6.92 Å². The highest BCUT2D eigenvalue weighted by Crippen LogP contribution is 2.30. The number of sulfonamides is 1. The van der Waals surface area contributed by atoms with Crippen LogP contribution in [0, 0.1) is 23.5 Å². The summed E-state index contributed by atoms with van der Waals surface area (Å²) < 4.78 is 52.5. The van der Waals surface area contributed by atoms with E-state index in [0.29, 0.717) is 0 Å². The SMILES string of the molecule is C[C@@H]1CN(S(=O)(=O)c2c(F)cccc2F)C[C@H]1C(=O)O. The first kappa shape index (κ1) is 14.9. The molecule has 20 heavy (non-hydrogen) atoms. The molecule has 2 atom stereocenters. The fraction of sp³-hybridized carbons (Fsp3) is 0.417. The molecule has 0 aromatic heterocycles. The average Bonchev–Trinajstić information content (AvgIpc) is 2.71. The molecule has 1 heterocycles. The first-order valence-electron chi connectivity index (χ1n) is 5.92. The number of carboxylic acid groups (broad SMARTS) is 1. The van der Waals surface area contributed by atoms with E-state index in [4.69, 9.17) is 5.11 Å². The molecule has 1 saturated heterocycles. The third-order valence-corrected chi connectivity index (χ3v) is 5.30. The zero-order chi connectivity index (χ0) is 15.1. The molecule has 1 fully saturated rings. The molecule has 1 N–H and O–H groups in total. The lowest BCUT2D eigenvalue weighted by Gasteiger charge is -2.16. The Balaban J connectivity index is 2.40. The second-order valence-electron chi connectivity index (χ2n) is 4.79. The Kier molecular flexibility index (Phi) is 3.79. The molecule has 1 aromatic carbocycles. The maximum Gasteiger partial charge on any atom is 0.308 e. The summed E-state index contributed by atoms with van der Waals surface area (Å²) >= 11 is 0. The van der Waals surface area contributed by atoms with Crippen LogP contribution in [0.4, 0.5) is 8.78 Å². The van der Waals surface area contributed by atoms with Gasteiger partial charge in [0, 0.05) is 13.1 Å². The van der Waals surface area contributed by atoms with Gasteiger partial charge in [-0.05, 0) is 18.1 Å². The first-order valence-corrected chi connectivity index (χ1v) is 7.36. The number of halogens is 2. The van der Waals surface area contributed by atoms with Gasteiger partial charge >= 0.3 is 5.97 Å².